The lowest BCUT2D eigenvalue weighted by molar-refractivity contribution is 0.584. The summed E-state index contributed by atoms with van der Waals surface area (Å²) in [7, 11) is 0. The van der Waals surface area contributed by atoms with Crippen LogP contribution >= 0.6 is 0 Å². The molecule has 14 heavy (non-hydrogen) atoms. The van der Waals surface area contributed by atoms with Crippen LogP contribution in [0.2, 0.25) is 0 Å². The molecule has 0 N–H and O–H groups in total. The molecule has 0 saturated carbocycles. The maximum absolute atomic E-state index is 11.7. The molecular formula is C11H18N2O. The number of nitrogens with zero attached hydrogens (tertiary/aromatic N) is 2. The van der Waals surface area contributed by atoms with Gasteiger partial charge in [-0.1, -0.05) is 13.0 Å². The first kappa shape index (κ1) is 10.8. The molecule has 3 heteroatoms. The number of unbranched alkanes of at least 4 members (excludes halogenated alkanes) is 1. The third-order valence-electron chi connectivity index (χ3n) is 2.19. The Kier molecular flexibility index (Phi) is 4.23. The fourth-order valence-corrected chi connectivity index (χ4v) is 1.44. The van der Waals surface area contributed by atoms with Crippen LogP contribution in [-0.2, 0) is 13.1 Å². The summed E-state index contributed by atoms with van der Waals surface area (Å²) in [5, 5.41) is 0. The second-order valence-corrected chi connectivity index (χ2v) is 3.40. The van der Waals surface area contributed by atoms with Crippen LogP contribution in [0.3, 0.4) is 0 Å². The second kappa shape index (κ2) is 5.47. The summed E-state index contributed by atoms with van der Waals surface area (Å²) in [6.07, 6.45) is 8.55. The number of allylic oxidation sites excluding steroid dienone is 1. The predicted octanol–water partition coefficient (Wildman–Crippen LogP) is 2.03. The van der Waals surface area contributed by atoms with E-state index in [0.717, 1.165) is 32.4 Å². The molecule has 0 unspecified atom stereocenters. The van der Waals surface area contributed by atoms with Crippen LogP contribution in [-0.4, -0.2) is 9.13 Å². The Balaban J connectivity index is 2.60. The first-order valence-electron chi connectivity index (χ1n) is 5.16. The maximum atomic E-state index is 11.7. The highest BCUT2D eigenvalue weighted by atomic mass is 16.1. The smallest absolute Gasteiger partial charge is 0.299 e. The molecule has 1 heterocycles. The molecule has 1 rings (SSSR count). The molecule has 0 aliphatic heterocycles. The minimum Gasteiger partial charge on any atom is -0.299 e. The van der Waals surface area contributed by atoms with Crippen molar-refractivity contribution in [3.8, 4) is 0 Å². The van der Waals surface area contributed by atoms with Crippen molar-refractivity contribution in [3.05, 3.63) is 35.5 Å². The van der Waals surface area contributed by atoms with Gasteiger partial charge in [-0.05, 0) is 19.3 Å². The van der Waals surface area contributed by atoms with Gasteiger partial charge < -0.3 is 0 Å². The van der Waals surface area contributed by atoms with Gasteiger partial charge in [0.2, 0.25) is 0 Å². The van der Waals surface area contributed by atoms with Crippen molar-refractivity contribution < 1.29 is 0 Å². The van der Waals surface area contributed by atoms with Crippen molar-refractivity contribution in [2.24, 2.45) is 0 Å². The van der Waals surface area contributed by atoms with Crippen molar-refractivity contribution >= 4 is 0 Å². The number of aromatic nitrogens is 2. The molecule has 0 radical (unpaired) electrons. The first-order valence-corrected chi connectivity index (χ1v) is 5.16. The molecule has 0 spiro atoms. The van der Waals surface area contributed by atoms with Gasteiger partial charge in [0.1, 0.15) is 0 Å². The summed E-state index contributed by atoms with van der Waals surface area (Å²) < 4.78 is 3.52. The molecule has 0 fully saturated rings. The van der Waals surface area contributed by atoms with E-state index in [1.54, 1.807) is 9.13 Å². The molecule has 0 aliphatic rings. The number of hydrogen-bond donors (Lipinski definition) is 0. The van der Waals surface area contributed by atoms with Gasteiger partial charge in [-0.2, -0.15) is 0 Å². The standard InChI is InChI=1S/C11H18N2O/c1-3-5-6-8-13-10-9-12(7-4-2)11(13)14/h3,9-10H,1,4-8H2,2H3. The van der Waals surface area contributed by atoms with Gasteiger partial charge in [0.05, 0.1) is 0 Å². The largest absolute Gasteiger partial charge is 0.328 e. The van der Waals surface area contributed by atoms with Gasteiger partial charge >= 0.3 is 5.69 Å². The van der Waals surface area contributed by atoms with Crippen LogP contribution in [0.4, 0.5) is 0 Å². The molecule has 0 aliphatic carbocycles. The van der Waals surface area contributed by atoms with E-state index in [9.17, 15) is 4.79 Å². The highest BCUT2D eigenvalue weighted by Crippen LogP contribution is 1.94. The lowest BCUT2D eigenvalue weighted by atomic mass is 10.3. The fourth-order valence-electron chi connectivity index (χ4n) is 1.44. The molecule has 1 aromatic rings. The molecule has 0 atom stereocenters. The topological polar surface area (TPSA) is 26.9 Å². The lowest BCUT2D eigenvalue weighted by Crippen LogP contribution is -2.23. The van der Waals surface area contributed by atoms with Crippen molar-refractivity contribution in [1.82, 2.24) is 9.13 Å². The number of hydrogen-bond acceptors (Lipinski definition) is 1. The highest BCUT2D eigenvalue weighted by Gasteiger charge is 2.00. The quantitative estimate of drug-likeness (QED) is 0.503. The zero-order valence-electron chi connectivity index (χ0n) is 8.78. The van der Waals surface area contributed by atoms with Crippen molar-refractivity contribution in [2.45, 2.75) is 39.3 Å². The Hall–Kier alpha value is -1.25. The average Bonchev–Trinajstić information content (AvgIpc) is 2.51. The van der Waals surface area contributed by atoms with Gasteiger partial charge in [-0.3, -0.25) is 9.13 Å². The summed E-state index contributed by atoms with van der Waals surface area (Å²) in [6, 6.07) is 0. The van der Waals surface area contributed by atoms with E-state index in [0.29, 0.717) is 0 Å². The van der Waals surface area contributed by atoms with Crippen LogP contribution in [0.25, 0.3) is 0 Å². The maximum Gasteiger partial charge on any atom is 0.328 e. The van der Waals surface area contributed by atoms with Gasteiger partial charge in [-0.15, -0.1) is 6.58 Å². The van der Waals surface area contributed by atoms with Gasteiger partial charge in [-0.25, -0.2) is 4.79 Å². The number of rotatable bonds is 6. The van der Waals surface area contributed by atoms with Crippen LogP contribution in [0.5, 0.6) is 0 Å². The van der Waals surface area contributed by atoms with E-state index < -0.39 is 0 Å². The van der Waals surface area contributed by atoms with Gasteiger partial charge in [0, 0.05) is 25.5 Å². The molecular weight excluding hydrogens is 176 g/mol. The first-order chi connectivity index (χ1) is 6.79. The molecule has 3 nitrogen and oxygen atoms in total. The van der Waals surface area contributed by atoms with E-state index in [1.807, 2.05) is 18.5 Å². The van der Waals surface area contributed by atoms with E-state index in [-0.39, 0.29) is 5.69 Å². The van der Waals surface area contributed by atoms with E-state index in [1.165, 1.54) is 0 Å². The summed E-state index contributed by atoms with van der Waals surface area (Å²) in [4.78, 5) is 11.7. The van der Waals surface area contributed by atoms with Crippen LogP contribution in [0, 0.1) is 0 Å². The Bertz CT molecular complexity index is 335. The summed E-state index contributed by atoms with van der Waals surface area (Å²) in [5.74, 6) is 0. The Labute approximate surface area is 84.7 Å². The Morgan fingerprint density at radius 1 is 1.36 bits per heavy atom. The third-order valence-corrected chi connectivity index (χ3v) is 2.19. The molecule has 0 bridgehead atoms. The van der Waals surface area contributed by atoms with Crippen molar-refractivity contribution in [2.75, 3.05) is 0 Å². The zero-order valence-corrected chi connectivity index (χ0v) is 8.78. The lowest BCUT2D eigenvalue weighted by Gasteiger charge is -1.99. The Morgan fingerprint density at radius 2 is 2.00 bits per heavy atom. The monoisotopic (exact) mass is 194 g/mol. The van der Waals surface area contributed by atoms with E-state index in [4.69, 9.17) is 0 Å². The van der Waals surface area contributed by atoms with Gasteiger partial charge in [0.15, 0.2) is 0 Å². The van der Waals surface area contributed by atoms with Crippen molar-refractivity contribution in [1.29, 1.82) is 0 Å². The average molecular weight is 194 g/mol. The minimum absolute atomic E-state index is 0.107. The zero-order chi connectivity index (χ0) is 10.4. The van der Waals surface area contributed by atoms with Crippen molar-refractivity contribution in [3.63, 3.8) is 0 Å². The third kappa shape index (κ3) is 2.62. The minimum atomic E-state index is 0.107. The molecule has 1 aromatic heterocycles. The van der Waals surface area contributed by atoms with Crippen LogP contribution < -0.4 is 5.69 Å². The SMILES string of the molecule is C=CCCCn1ccn(CCC)c1=O. The molecule has 0 aromatic carbocycles. The summed E-state index contributed by atoms with van der Waals surface area (Å²) >= 11 is 0. The van der Waals surface area contributed by atoms with Crippen LogP contribution in [0.15, 0.2) is 29.8 Å². The number of aryl methyl sites for hydroxylation is 2. The summed E-state index contributed by atoms with van der Waals surface area (Å²) in [6.45, 7) is 7.33. The number of imidazole rings is 1. The normalized spacial score (nSPS) is 10.4. The van der Waals surface area contributed by atoms with E-state index in [2.05, 4.69) is 13.5 Å². The highest BCUT2D eigenvalue weighted by molar-refractivity contribution is 4.81. The van der Waals surface area contributed by atoms with E-state index >= 15 is 0 Å². The predicted molar refractivity (Wildman–Crippen MR) is 58.4 cm³/mol. The summed E-state index contributed by atoms with van der Waals surface area (Å²) in [5.41, 5.74) is 0.107. The second-order valence-electron chi connectivity index (χ2n) is 3.40. The molecule has 78 valence electrons. The van der Waals surface area contributed by atoms with Crippen LogP contribution in [0.1, 0.15) is 26.2 Å². The Morgan fingerprint density at radius 3 is 2.57 bits per heavy atom. The fraction of sp³-hybridized carbons (Fsp3) is 0.545. The van der Waals surface area contributed by atoms with Gasteiger partial charge in [0.25, 0.3) is 0 Å². The molecule has 0 amide bonds. The molecule has 0 saturated heterocycles.